The number of methoxy groups -OCH3 is 1. The Morgan fingerprint density at radius 2 is 1.74 bits per heavy atom. The fourth-order valence-electron chi connectivity index (χ4n) is 1.24. The van der Waals surface area contributed by atoms with E-state index in [0.717, 1.165) is 18.9 Å². The van der Waals surface area contributed by atoms with Crippen LogP contribution in [0.5, 0.6) is 0 Å². The molecule has 0 N–H and O–H groups in total. The summed E-state index contributed by atoms with van der Waals surface area (Å²) in [5.74, 6) is -0.186. The fourth-order valence-corrected chi connectivity index (χ4v) is 1.24. The van der Waals surface area contributed by atoms with Crippen molar-refractivity contribution in [2.45, 2.75) is 39.5 Å². The zero-order valence-corrected chi connectivity index (χ0v) is 12.3. The van der Waals surface area contributed by atoms with Crippen LogP contribution < -0.4 is 0 Å². The van der Waals surface area contributed by atoms with Gasteiger partial charge >= 0.3 is 11.9 Å². The molecule has 0 aromatic heterocycles. The molecule has 0 aliphatic carbocycles. The molecule has 0 aliphatic heterocycles. The second kappa shape index (κ2) is 14.5. The van der Waals surface area contributed by atoms with Gasteiger partial charge in [-0.05, 0) is 12.3 Å². The maximum atomic E-state index is 10.8. The van der Waals surface area contributed by atoms with Gasteiger partial charge in [0.25, 0.3) is 0 Å². The molecule has 0 aromatic rings. The molecule has 110 valence electrons. The summed E-state index contributed by atoms with van der Waals surface area (Å²) in [4.78, 5) is 20.6. The van der Waals surface area contributed by atoms with Gasteiger partial charge in [-0.3, -0.25) is 0 Å². The van der Waals surface area contributed by atoms with Crippen LogP contribution in [0.1, 0.15) is 39.5 Å². The Hall–Kier alpha value is -1.58. The third-order valence-corrected chi connectivity index (χ3v) is 2.54. The van der Waals surface area contributed by atoms with Crippen molar-refractivity contribution in [3.05, 3.63) is 25.3 Å². The minimum Gasteiger partial charge on any atom is -0.466 e. The van der Waals surface area contributed by atoms with Crippen molar-refractivity contribution in [1.82, 2.24) is 0 Å². The van der Waals surface area contributed by atoms with E-state index in [9.17, 15) is 9.59 Å². The summed E-state index contributed by atoms with van der Waals surface area (Å²) in [5, 5.41) is 0. The Morgan fingerprint density at radius 3 is 2.05 bits per heavy atom. The molecule has 0 aromatic carbocycles. The first kappa shape index (κ1) is 19.8. The van der Waals surface area contributed by atoms with E-state index in [2.05, 4.69) is 31.7 Å². The molecule has 4 nitrogen and oxygen atoms in total. The Kier molecular flexibility index (Phi) is 15.1. The van der Waals surface area contributed by atoms with Crippen LogP contribution in [0.4, 0.5) is 0 Å². The van der Waals surface area contributed by atoms with Crippen LogP contribution in [0.15, 0.2) is 25.3 Å². The molecular formula is C15H26O4. The van der Waals surface area contributed by atoms with Gasteiger partial charge in [-0.25, -0.2) is 9.59 Å². The van der Waals surface area contributed by atoms with Crippen molar-refractivity contribution in [2.75, 3.05) is 13.7 Å². The number of hydrogen-bond donors (Lipinski definition) is 0. The largest absolute Gasteiger partial charge is 0.466 e. The van der Waals surface area contributed by atoms with Crippen molar-refractivity contribution in [2.24, 2.45) is 5.92 Å². The van der Waals surface area contributed by atoms with E-state index >= 15 is 0 Å². The minimum absolute atomic E-state index is 0.310. The molecule has 0 saturated heterocycles. The lowest BCUT2D eigenvalue weighted by molar-refractivity contribution is -0.139. The van der Waals surface area contributed by atoms with E-state index in [4.69, 9.17) is 4.74 Å². The number of carbonyl (C=O) groups excluding carboxylic acids is 2. The highest BCUT2D eigenvalue weighted by atomic mass is 16.5. The zero-order valence-electron chi connectivity index (χ0n) is 12.3. The summed E-state index contributed by atoms with van der Waals surface area (Å²) in [5.41, 5.74) is 0. The van der Waals surface area contributed by atoms with Gasteiger partial charge in [0.1, 0.15) is 0 Å². The number of unbranched alkanes of at least 4 members (excludes halogenated alkanes) is 1. The highest BCUT2D eigenvalue weighted by Crippen LogP contribution is 2.12. The molecule has 19 heavy (non-hydrogen) atoms. The van der Waals surface area contributed by atoms with Crippen LogP contribution in [0.3, 0.4) is 0 Å². The molecule has 0 unspecified atom stereocenters. The van der Waals surface area contributed by atoms with Gasteiger partial charge in [0.2, 0.25) is 0 Å². The molecule has 0 saturated carbocycles. The topological polar surface area (TPSA) is 52.6 Å². The molecule has 0 spiro atoms. The predicted molar refractivity (Wildman–Crippen MR) is 76.7 cm³/mol. The van der Waals surface area contributed by atoms with Crippen molar-refractivity contribution in [3.63, 3.8) is 0 Å². The van der Waals surface area contributed by atoms with Crippen molar-refractivity contribution >= 4 is 11.9 Å². The molecule has 0 fully saturated rings. The molecular weight excluding hydrogens is 244 g/mol. The van der Waals surface area contributed by atoms with Crippen molar-refractivity contribution < 1.29 is 19.1 Å². The number of carbonyl (C=O) groups is 2. The second-order valence-corrected chi connectivity index (χ2v) is 3.98. The van der Waals surface area contributed by atoms with E-state index < -0.39 is 5.97 Å². The average molecular weight is 270 g/mol. The number of hydrogen-bond acceptors (Lipinski definition) is 4. The average Bonchev–Trinajstić information content (AvgIpc) is 2.46. The molecule has 0 aliphatic rings. The Balaban J connectivity index is 0. The second-order valence-electron chi connectivity index (χ2n) is 3.98. The maximum Gasteiger partial charge on any atom is 0.330 e. The first-order chi connectivity index (χ1) is 9.05. The number of ether oxygens (including phenoxy) is 2. The summed E-state index contributed by atoms with van der Waals surface area (Å²) in [6, 6.07) is 0. The zero-order chi connectivity index (χ0) is 15.1. The Morgan fingerprint density at radius 1 is 1.16 bits per heavy atom. The molecule has 0 radical (unpaired) electrons. The summed E-state index contributed by atoms with van der Waals surface area (Å²) in [6.45, 7) is 11.3. The third-order valence-electron chi connectivity index (χ3n) is 2.54. The molecule has 4 heteroatoms. The third kappa shape index (κ3) is 14.4. The van der Waals surface area contributed by atoms with Gasteiger partial charge in [0.15, 0.2) is 0 Å². The molecule has 0 amide bonds. The van der Waals surface area contributed by atoms with E-state index in [1.54, 1.807) is 0 Å². The summed E-state index contributed by atoms with van der Waals surface area (Å²) >= 11 is 0. The van der Waals surface area contributed by atoms with Gasteiger partial charge in [-0.2, -0.15) is 0 Å². The van der Waals surface area contributed by atoms with Crippen LogP contribution in [-0.4, -0.2) is 25.7 Å². The highest BCUT2D eigenvalue weighted by Gasteiger charge is 2.07. The minimum atomic E-state index is -0.394. The Bertz CT molecular complexity index is 271. The normalized spacial score (nSPS) is 10.5. The smallest absolute Gasteiger partial charge is 0.330 e. The maximum absolute atomic E-state index is 10.8. The van der Waals surface area contributed by atoms with Crippen molar-refractivity contribution in [3.8, 4) is 0 Å². The van der Waals surface area contributed by atoms with E-state index in [0.29, 0.717) is 12.5 Å². The fraction of sp³-hybridized carbons (Fsp3) is 0.600. The van der Waals surface area contributed by atoms with Crippen LogP contribution in [-0.2, 0) is 19.1 Å². The summed E-state index contributed by atoms with van der Waals surface area (Å²) in [6.07, 6.45) is 6.96. The number of rotatable bonds is 8. The lowest BCUT2D eigenvalue weighted by atomic mass is 10.0. The first-order valence-corrected chi connectivity index (χ1v) is 6.55. The molecule has 0 heterocycles. The first-order valence-electron chi connectivity index (χ1n) is 6.55. The lowest BCUT2D eigenvalue weighted by Crippen LogP contribution is -2.12. The number of esters is 2. The van der Waals surface area contributed by atoms with Gasteiger partial charge < -0.3 is 9.47 Å². The molecule has 1 atom stereocenters. The Labute approximate surface area is 116 Å². The van der Waals surface area contributed by atoms with Crippen LogP contribution in [0.2, 0.25) is 0 Å². The predicted octanol–water partition coefficient (Wildman–Crippen LogP) is 3.28. The van der Waals surface area contributed by atoms with Crippen molar-refractivity contribution in [1.29, 1.82) is 0 Å². The monoisotopic (exact) mass is 270 g/mol. The summed E-state index contributed by atoms with van der Waals surface area (Å²) in [7, 11) is 1.31. The van der Waals surface area contributed by atoms with Gasteiger partial charge in [0, 0.05) is 12.2 Å². The van der Waals surface area contributed by atoms with E-state index in [-0.39, 0.29) is 5.97 Å². The van der Waals surface area contributed by atoms with Gasteiger partial charge in [0.05, 0.1) is 13.7 Å². The highest BCUT2D eigenvalue weighted by molar-refractivity contribution is 5.81. The van der Waals surface area contributed by atoms with Gasteiger partial charge in [-0.1, -0.05) is 46.3 Å². The van der Waals surface area contributed by atoms with Crippen LogP contribution in [0.25, 0.3) is 0 Å². The van der Waals surface area contributed by atoms with E-state index in [1.165, 1.54) is 26.0 Å². The molecule has 0 bridgehead atoms. The molecule has 0 rings (SSSR count). The van der Waals surface area contributed by atoms with Crippen LogP contribution >= 0.6 is 0 Å². The van der Waals surface area contributed by atoms with E-state index in [1.807, 2.05) is 0 Å². The summed E-state index contributed by atoms with van der Waals surface area (Å²) < 4.78 is 9.13. The standard InChI is InChI=1S/C11H20O2.C4H6O2/c1-4-7-8-10(5-2)9-13-11(12)6-3;1-3-4(5)6-2/h6,10H,3-5,7-9H2,1-2H3;3H,1H2,2H3/t10-;/m1./s1. The SMILES string of the molecule is C=CC(=O)OC.C=CC(=O)OC[C@H](CC)CCCC. The van der Waals surface area contributed by atoms with Crippen LogP contribution in [0, 0.1) is 5.92 Å². The van der Waals surface area contributed by atoms with Gasteiger partial charge in [-0.15, -0.1) is 0 Å². The lowest BCUT2D eigenvalue weighted by Gasteiger charge is -2.13. The quantitative estimate of drug-likeness (QED) is 0.501.